The first-order chi connectivity index (χ1) is 9.15. The average molecular weight is 263 g/mol. The smallest absolute Gasteiger partial charge is 0.407 e. The Hall–Kier alpha value is -2.15. The van der Waals surface area contributed by atoms with Crippen LogP contribution in [0.1, 0.15) is 20.8 Å². The number of hydrogen-bond acceptors (Lipinski definition) is 2. The normalized spacial score (nSPS) is 8.37. The van der Waals surface area contributed by atoms with Gasteiger partial charge in [-0.15, -0.1) is 5.92 Å². The molecule has 0 radical (unpaired) electrons. The molecule has 1 rings (SSSR count). The molecule has 0 aliphatic heterocycles. The number of benzene rings is 1. The molecule has 0 unspecified atom stereocenters. The van der Waals surface area contributed by atoms with Crippen molar-refractivity contribution in [2.75, 3.05) is 19.7 Å². The van der Waals surface area contributed by atoms with E-state index in [0.29, 0.717) is 19.7 Å². The molecular formula is C15H21NO3. The SMILES string of the molecule is CC#CCOc1ccccc1.CCN(CC)C(=O)O. The highest BCUT2D eigenvalue weighted by Gasteiger charge is 2.02. The lowest BCUT2D eigenvalue weighted by molar-refractivity contribution is 0.150. The quantitative estimate of drug-likeness (QED) is 0.849. The van der Waals surface area contributed by atoms with Gasteiger partial charge in [0.05, 0.1) is 0 Å². The monoisotopic (exact) mass is 263 g/mol. The van der Waals surface area contributed by atoms with Gasteiger partial charge in [-0.2, -0.15) is 0 Å². The van der Waals surface area contributed by atoms with Crippen molar-refractivity contribution >= 4 is 6.09 Å². The molecule has 0 fully saturated rings. The minimum Gasteiger partial charge on any atom is -0.481 e. The molecule has 0 bridgehead atoms. The molecule has 0 spiro atoms. The molecule has 1 aromatic rings. The molecule has 1 N–H and O–H groups in total. The van der Waals surface area contributed by atoms with Crippen molar-refractivity contribution < 1.29 is 14.6 Å². The number of amides is 1. The summed E-state index contributed by atoms with van der Waals surface area (Å²) < 4.78 is 5.27. The van der Waals surface area contributed by atoms with Gasteiger partial charge in [0.1, 0.15) is 12.4 Å². The van der Waals surface area contributed by atoms with Gasteiger partial charge in [0.2, 0.25) is 0 Å². The Kier molecular flexibility index (Phi) is 9.73. The van der Waals surface area contributed by atoms with E-state index in [4.69, 9.17) is 9.84 Å². The maximum atomic E-state index is 10.1. The van der Waals surface area contributed by atoms with Crippen molar-refractivity contribution in [3.05, 3.63) is 30.3 Å². The molecule has 0 saturated carbocycles. The number of para-hydroxylation sites is 1. The predicted molar refractivity (Wildman–Crippen MR) is 76.3 cm³/mol. The van der Waals surface area contributed by atoms with Gasteiger partial charge in [-0.05, 0) is 32.9 Å². The number of nitrogens with zero attached hydrogens (tertiary/aromatic N) is 1. The summed E-state index contributed by atoms with van der Waals surface area (Å²) in [6.45, 7) is 7.06. The average Bonchev–Trinajstić information content (AvgIpc) is 2.42. The zero-order valence-electron chi connectivity index (χ0n) is 11.7. The Balaban J connectivity index is 0.000000362. The largest absolute Gasteiger partial charge is 0.481 e. The molecule has 0 saturated heterocycles. The molecule has 0 atom stereocenters. The molecule has 0 aliphatic rings. The zero-order chi connectivity index (χ0) is 14.5. The molecule has 0 aliphatic carbocycles. The fourth-order valence-corrected chi connectivity index (χ4v) is 1.20. The molecule has 0 heterocycles. The van der Waals surface area contributed by atoms with E-state index in [0.717, 1.165) is 5.75 Å². The fraction of sp³-hybridized carbons (Fsp3) is 0.400. The Bertz CT molecular complexity index is 402. The Morgan fingerprint density at radius 2 is 1.84 bits per heavy atom. The maximum Gasteiger partial charge on any atom is 0.407 e. The molecule has 4 heteroatoms. The first-order valence-corrected chi connectivity index (χ1v) is 6.21. The summed E-state index contributed by atoms with van der Waals surface area (Å²) in [4.78, 5) is 11.4. The van der Waals surface area contributed by atoms with E-state index in [-0.39, 0.29) is 0 Å². The predicted octanol–water partition coefficient (Wildman–Crippen LogP) is 3.09. The molecular weight excluding hydrogens is 242 g/mol. The van der Waals surface area contributed by atoms with E-state index in [1.807, 2.05) is 44.2 Å². The van der Waals surface area contributed by atoms with Crippen molar-refractivity contribution in [1.29, 1.82) is 0 Å². The first-order valence-electron chi connectivity index (χ1n) is 6.21. The highest BCUT2D eigenvalue weighted by Crippen LogP contribution is 2.07. The number of carbonyl (C=O) groups is 1. The summed E-state index contributed by atoms with van der Waals surface area (Å²) in [7, 11) is 0. The van der Waals surface area contributed by atoms with E-state index in [2.05, 4.69) is 11.8 Å². The number of rotatable bonds is 4. The van der Waals surface area contributed by atoms with Crippen molar-refractivity contribution in [2.24, 2.45) is 0 Å². The molecule has 1 aromatic carbocycles. The van der Waals surface area contributed by atoms with Crippen LogP contribution in [0.5, 0.6) is 5.75 Å². The lowest BCUT2D eigenvalue weighted by atomic mass is 10.3. The van der Waals surface area contributed by atoms with Crippen LogP contribution in [0.15, 0.2) is 30.3 Å². The van der Waals surface area contributed by atoms with Gasteiger partial charge in [-0.25, -0.2) is 4.79 Å². The van der Waals surface area contributed by atoms with Crippen LogP contribution >= 0.6 is 0 Å². The van der Waals surface area contributed by atoms with Crippen LogP contribution in [-0.4, -0.2) is 35.8 Å². The van der Waals surface area contributed by atoms with E-state index >= 15 is 0 Å². The van der Waals surface area contributed by atoms with Crippen molar-refractivity contribution in [1.82, 2.24) is 4.90 Å². The number of hydrogen-bond donors (Lipinski definition) is 1. The van der Waals surface area contributed by atoms with Gasteiger partial charge in [0.25, 0.3) is 0 Å². The lowest BCUT2D eigenvalue weighted by Gasteiger charge is -2.12. The van der Waals surface area contributed by atoms with Gasteiger partial charge in [-0.3, -0.25) is 0 Å². The topological polar surface area (TPSA) is 49.8 Å². The van der Waals surface area contributed by atoms with Crippen molar-refractivity contribution in [2.45, 2.75) is 20.8 Å². The molecule has 19 heavy (non-hydrogen) atoms. The second-order valence-electron chi connectivity index (χ2n) is 3.48. The molecule has 0 aromatic heterocycles. The van der Waals surface area contributed by atoms with E-state index in [9.17, 15) is 4.79 Å². The van der Waals surface area contributed by atoms with Gasteiger partial charge in [-0.1, -0.05) is 24.1 Å². The van der Waals surface area contributed by atoms with Crippen LogP contribution in [0.2, 0.25) is 0 Å². The van der Waals surface area contributed by atoms with Gasteiger partial charge in [0, 0.05) is 13.1 Å². The summed E-state index contributed by atoms with van der Waals surface area (Å²) in [6, 6.07) is 9.66. The molecule has 4 nitrogen and oxygen atoms in total. The van der Waals surface area contributed by atoms with Crippen molar-refractivity contribution in [3.8, 4) is 17.6 Å². The lowest BCUT2D eigenvalue weighted by Crippen LogP contribution is -2.28. The summed E-state index contributed by atoms with van der Waals surface area (Å²) >= 11 is 0. The number of ether oxygens (including phenoxy) is 1. The highest BCUT2D eigenvalue weighted by molar-refractivity contribution is 5.64. The Labute approximate surface area is 115 Å². The highest BCUT2D eigenvalue weighted by atomic mass is 16.5. The van der Waals surface area contributed by atoms with E-state index < -0.39 is 6.09 Å². The summed E-state index contributed by atoms with van der Waals surface area (Å²) in [5, 5.41) is 8.30. The van der Waals surface area contributed by atoms with Crippen LogP contribution in [-0.2, 0) is 0 Å². The molecule has 104 valence electrons. The third-order valence-electron chi connectivity index (χ3n) is 2.26. The Morgan fingerprint density at radius 1 is 1.26 bits per heavy atom. The van der Waals surface area contributed by atoms with Crippen LogP contribution in [0, 0.1) is 11.8 Å². The third kappa shape index (κ3) is 8.56. The second-order valence-corrected chi connectivity index (χ2v) is 3.48. The first kappa shape index (κ1) is 16.9. The standard InChI is InChI=1S/C10H10O.C5H11NO2/c1-2-3-9-11-10-7-5-4-6-8-10;1-3-6(4-2)5(7)8/h4-8H,9H2,1H3;3-4H2,1-2H3,(H,7,8). The maximum absolute atomic E-state index is 10.1. The second kappa shape index (κ2) is 11.0. The zero-order valence-corrected chi connectivity index (χ0v) is 11.7. The van der Waals surface area contributed by atoms with Gasteiger partial charge in [0.15, 0.2) is 0 Å². The summed E-state index contributed by atoms with van der Waals surface area (Å²) in [5.41, 5.74) is 0. The van der Waals surface area contributed by atoms with Crippen LogP contribution in [0.25, 0.3) is 0 Å². The minimum absolute atomic E-state index is 0.473. The third-order valence-corrected chi connectivity index (χ3v) is 2.26. The minimum atomic E-state index is -0.838. The summed E-state index contributed by atoms with van der Waals surface area (Å²) in [5.74, 6) is 6.46. The van der Waals surface area contributed by atoms with E-state index in [1.54, 1.807) is 6.92 Å². The van der Waals surface area contributed by atoms with Crippen molar-refractivity contribution in [3.63, 3.8) is 0 Å². The summed E-state index contributed by atoms with van der Waals surface area (Å²) in [6.07, 6.45) is -0.838. The van der Waals surface area contributed by atoms with Crippen LogP contribution in [0.4, 0.5) is 4.79 Å². The van der Waals surface area contributed by atoms with Crippen LogP contribution in [0.3, 0.4) is 0 Å². The van der Waals surface area contributed by atoms with Gasteiger partial charge < -0.3 is 14.7 Å². The van der Waals surface area contributed by atoms with Crippen LogP contribution < -0.4 is 4.74 Å². The number of carboxylic acid groups (broad SMARTS) is 1. The van der Waals surface area contributed by atoms with E-state index in [1.165, 1.54) is 4.90 Å². The van der Waals surface area contributed by atoms with Gasteiger partial charge >= 0.3 is 6.09 Å². The Morgan fingerprint density at radius 3 is 2.21 bits per heavy atom. The fourth-order valence-electron chi connectivity index (χ4n) is 1.20. The molecule has 1 amide bonds.